The molecule has 2 fully saturated rings. The summed E-state index contributed by atoms with van der Waals surface area (Å²) in [6, 6.07) is 8.59. The van der Waals surface area contributed by atoms with Crippen molar-refractivity contribution in [3.63, 3.8) is 0 Å². The van der Waals surface area contributed by atoms with Crippen LogP contribution < -0.4 is 10.6 Å². The van der Waals surface area contributed by atoms with Crippen LogP contribution in [-0.4, -0.2) is 51.2 Å². The number of aromatic nitrogens is 2. The molecule has 0 unspecified atom stereocenters. The molecule has 3 amide bonds. The molecule has 9 nitrogen and oxygen atoms in total. The van der Waals surface area contributed by atoms with Crippen molar-refractivity contribution < 1.29 is 23.9 Å². The summed E-state index contributed by atoms with van der Waals surface area (Å²) < 4.78 is 15.2. The van der Waals surface area contributed by atoms with Crippen LogP contribution in [0, 0.1) is 11.7 Å². The molecule has 210 valence electrons. The zero-order valence-electron chi connectivity index (χ0n) is 22.4. The third-order valence-electron chi connectivity index (χ3n) is 8.08. The number of carbonyl (C=O) groups excluding carboxylic acids is 2. The van der Waals surface area contributed by atoms with Gasteiger partial charge in [-0.15, -0.1) is 10.2 Å². The number of benzene rings is 1. The third kappa shape index (κ3) is 5.99. The smallest absolute Gasteiger partial charge is 0.405 e. The molecule has 0 radical (unpaired) electrons. The number of anilines is 1. The second kappa shape index (κ2) is 11.3. The maximum atomic E-state index is 15.2. The molecule has 40 heavy (non-hydrogen) atoms. The highest BCUT2D eigenvalue weighted by atomic mass is 32.1. The third-order valence-corrected chi connectivity index (χ3v) is 8.77. The van der Waals surface area contributed by atoms with Crippen molar-refractivity contribution in [1.82, 2.24) is 20.4 Å². The van der Waals surface area contributed by atoms with Gasteiger partial charge in [-0.2, -0.15) is 11.3 Å². The first-order valence-electron chi connectivity index (χ1n) is 13.4. The Hall–Kier alpha value is -3.86. The first-order valence-corrected chi connectivity index (χ1v) is 14.3. The molecule has 0 saturated heterocycles. The monoisotopic (exact) mass is 565 g/mol. The van der Waals surface area contributed by atoms with Crippen molar-refractivity contribution >= 4 is 35.1 Å². The van der Waals surface area contributed by atoms with Crippen LogP contribution in [-0.2, 0) is 15.1 Å². The molecular weight excluding hydrogens is 533 g/mol. The quantitative estimate of drug-likeness (QED) is 0.325. The molecule has 5 rings (SSSR count). The molecule has 1 aromatic carbocycles. The van der Waals surface area contributed by atoms with Gasteiger partial charge in [0.05, 0.1) is 5.54 Å². The fourth-order valence-electron chi connectivity index (χ4n) is 5.60. The van der Waals surface area contributed by atoms with E-state index in [-0.39, 0.29) is 23.8 Å². The Labute approximate surface area is 235 Å². The number of carbonyl (C=O) groups is 3. The van der Waals surface area contributed by atoms with E-state index < -0.39 is 17.4 Å². The van der Waals surface area contributed by atoms with Crippen LogP contribution in [0.5, 0.6) is 0 Å². The van der Waals surface area contributed by atoms with E-state index in [1.165, 1.54) is 17.4 Å². The molecule has 2 heterocycles. The minimum absolute atomic E-state index is 0.0605. The number of hydrogen-bond donors (Lipinski definition) is 3. The topological polar surface area (TPSA) is 125 Å². The van der Waals surface area contributed by atoms with Crippen LogP contribution in [0.3, 0.4) is 0 Å². The summed E-state index contributed by atoms with van der Waals surface area (Å²) in [5.74, 6) is -0.0294. The van der Waals surface area contributed by atoms with Crippen molar-refractivity contribution in [3.05, 3.63) is 52.5 Å². The van der Waals surface area contributed by atoms with E-state index in [4.69, 9.17) is 5.11 Å². The van der Waals surface area contributed by atoms with Gasteiger partial charge < -0.3 is 20.6 Å². The Kier molecular flexibility index (Phi) is 7.84. The summed E-state index contributed by atoms with van der Waals surface area (Å²) in [6.07, 6.45) is 3.80. The van der Waals surface area contributed by atoms with Gasteiger partial charge in [0.1, 0.15) is 11.5 Å². The zero-order valence-corrected chi connectivity index (χ0v) is 23.3. The van der Waals surface area contributed by atoms with Crippen molar-refractivity contribution in [2.75, 3.05) is 12.4 Å². The van der Waals surface area contributed by atoms with E-state index in [1.54, 1.807) is 30.0 Å². The van der Waals surface area contributed by atoms with Gasteiger partial charge >= 0.3 is 6.09 Å². The van der Waals surface area contributed by atoms with Gasteiger partial charge in [0.2, 0.25) is 11.8 Å². The molecule has 2 aromatic heterocycles. The minimum atomic E-state index is -1.18. The predicted molar refractivity (Wildman–Crippen MR) is 150 cm³/mol. The Morgan fingerprint density at radius 2 is 1.85 bits per heavy atom. The van der Waals surface area contributed by atoms with Gasteiger partial charge in [0.25, 0.3) is 0 Å². The summed E-state index contributed by atoms with van der Waals surface area (Å²) in [6.45, 7) is 1.57. The normalized spacial score (nSPS) is 19.5. The molecule has 2 aliphatic rings. The Balaban J connectivity index is 1.31. The van der Waals surface area contributed by atoms with E-state index in [2.05, 4.69) is 20.8 Å². The Morgan fingerprint density at radius 3 is 2.45 bits per heavy atom. The molecule has 2 aliphatic carbocycles. The maximum absolute atomic E-state index is 15.2. The van der Waals surface area contributed by atoms with Crippen molar-refractivity contribution in [2.24, 2.45) is 5.92 Å². The highest BCUT2D eigenvalue weighted by Gasteiger charge is 2.47. The van der Waals surface area contributed by atoms with Gasteiger partial charge in [-0.25, -0.2) is 9.18 Å². The fourth-order valence-corrected chi connectivity index (χ4v) is 6.25. The van der Waals surface area contributed by atoms with E-state index >= 15 is 4.39 Å². The summed E-state index contributed by atoms with van der Waals surface area (Å²) in [4.78, 5) is 37.5. The first kappa shape index (κ1) is 27.7. The van der Waals surface area contributed by atoms with Crippen molar-refractivity contribution in [3.8, 4) is 22.4 Å². The van der Waals surface area contributed by atoms with Gasteiger partial charge in [-0.05, 0) is 79.0 Å². The predicted octanol–water partition coefficient (Wildman–Crippen LogP) is 5.63. The molecule has 0 bridgehead atoms. The molecule has 3 aromatic rings. The number of rotatable bonds is 8. The van der Waals surface area contributed by atoms with Crippen LogP contribution in [0.4, 0.5) is 15.0 Å². The average Bonchev–Trinajstić information content (AvgIpc) is 3.46. The lowest BCUT2D eigenvalue weighted by Gasteiger charge is -2.34. The van der Waals surface area contributed by atoms with Gasteiger partial charge in [0, 0.05) is 43.1 Å². The fraction of sp³-hybridized carbons (Fsp3) is 0.414. The van der Waals surface area contributed by atoms with E-state index in [0.717, 1.165) is 31.2 Å². The second-order valence-electron chi connectivity index (χ2n) is 10.8. The molecule has 11 heteroatoms. The molecular formula is C29H32FN5O4S. The second-order valence-corrected chi connectivity index (χ2v) is 11.5. The van der Waals surface area contributed by atoms with Gasteiger partial charge in [0.15, 0.2) is 5.82 Å². The summed E-state index contributed by atoms with van der Waals surface area (Å²) in [7, 11) is 1.83. The standard InChI is InChI=1S/C29H32FN5O4S/c1-17(36)35(2)21-6-3-18(4-7-21)13-26(37)31-25-15-22(20-9-12-40-16-20)27(34-33-25)19-5-8-23(24(30)14-19)29(10-11-29)32-28(38)39/h5,8-9,12,14-16,18,21,32H,3-4,6-7,10-11,13H2,1-2H3,(H,38,39)(H,31,33,37). The molecule has 0 aliphatic heterocycles. The highest BCUT2D eigenvalue weighted by Crippen LogP contribution is 2.47. The Morgan fingerprint density at radius 1 is 1.10 bits per heavy atom. The molecule has 0 spiro atoms. The van der Waals surface area contributed by atoms with Crippen LogP contribution in [0.15, 0.2) is 41.1 Å². The highest BCUT2D eigenvalue weighted by molar-refractivity contribution is 7.08. The largest absolute Gasteiger partial charge is 0.465 e. The number of carboxylic acid groups (broad SMARTS) is 1. The molecule has 2 saturated carbocycles. The lowest BCUT2D eigenvalue weighted by molar-refractivity contribution is -0.130. The van der Waals surface area contributed by atoms with Crippen LogP contribution >= 0.6 is 11.3 Å². The number of halogens is 1. The molecule has 3 N–H and O–H groups in total. The number of thiophene rings is 1. The lowest BCUT2D eigenvalue weighted by Crippen LogP contribution is -2.38. The van der Waals surface area contributed by atoms with Crippen molar-refractivity contribution in [2.45, 2.75) is 63.5 Å². The number of nitrogens with zero attached hydrogens (tertiary/aromatic N) is 3. The van der Waals surface area contributed by atoms with Crippen molar-refractivity contribution in [1.29, 1.82) is 0 Å². The van der Waals surface area contributed by atoms with Gasteiger partial charge in [-0.1, -0.05) is 12.1 Å². The van der Waals surface area contributed by atoms with E-state index in [1.807, 2.05) is 23.9 Å². The summed E-state index contributed by atoms with van der Waals surface area (Å²) in [5.41, 5.74) is 1.98. The lowest BCUT2D eigenvalue weighted by atomic mass is 9.83. The van der Waals surface area contributed by atoms with Gasteiger partial charge in [-0.3, -0.25) is 9.59 Å². The van der Waals surface area contributed by atoms with E-state index in [9.17, 15) is 14.4 Å². The van der Waals surface area contributed by atoms with Crippen LogP contribution in [0.2, 0.25) is 0 Å². The Bertz CT molecular complexity index is 1420. The summed E-state index contributed by atoms with van der Waals surface area (Å²) >= 11 is 1.51. The SMILES string of the molecule is CC(=O)N(C)C1CCC(CC(=O)Nc2cc(-c3ccsc3)c(-c3ccc(C4(NC(=O)O)CC4)c(F)c3)nn2)CC1. The first-order chi connectivity index (χ1) is 19.1. The number of hydrogen-bond acceptors (Lipinski definition) is 6. The minimum Gasteiger partial charge on any atom is -0.465 e. The van der Waals surface area contributed by atoms with E-state index in [0.29, 0.717) is 47.5 Å². The maximum Gasteiger partial charge on any atom is 0.405 e. The number of nitrogens with one attached hydrogen (secondary N) is 2. The summed E-state index contributed by atoms with van der Waals surface area (Å²) in [5, 5.41) is 26.9. The number of amides is 3. The van der Waals surface area contributed by atoms with Crippen LogP contribution in [0.25, 0.3) is 22.4 Å². The van der Waals surface area contributed by atoms with Crippen LogP contribution in [0.1, 0.15) is 57.4 Å². The average molecular weight is 566 g/mol. The zero-order chi connectivity index (χ0) is 28.4. The molecule has 0 atom stereocenters.